The monoisotopic (exact) mass is 342 g/mol. The number of carbonyl (C=O) groups is 1. The Hall–Kier alpha value is -1.53. The molecule has 1 fully saturated rings. The molecule has 3 rings (SSSR count). The lowest BCUT2D eigenvalue weighted by Gasteiger charge is -2.21. The lowest BCUT2D eigenvalue weighted by Crippen LogP contribution is -2.41. The Kier molecular flexibility index (Phi) is 4.92. The van der Waals surface area contributed by atoms with E-state index in [1.807, 2.05) is 12.1 Å². The van der Waals surface area contributed by atoms with E-state index in [1.165, 1.54) is 0 Å². The number of hydrogen-bond donors (Lipinski definition) is 1. The van der Waals surface area contributed by atoms with Crippen molar-refractivity contribution in [3.8, 4) is 11.5 Å². The summed E-state index contributed by atoms with van der Waals surface area (Å²) in [7, 11) is 0. The summed E-state index contributed by atoms with van der Waals surface area (Å²) in [4.78, 5) is 13.2. The molecule has 0 bridgehead atoms. The highest BCUT2D eigenvalue weighted by molar-refractivity contribution is 6.32. The average molecular weight is 343 g/mol. The number of likely N-dealkylation sites (tertiary alicyclic amines) is 1. The van der Waals surface area contributed by atoms with Crippen LogP contribution in [-0.2, 0) is 11.2 Å². The number of halogens is 2. The van der Waals surface area contributed by atoms with Gasteiger partial charge in [-0.15, -0.1) is 0 Å². The Morgan fingerprint density at radius 2 is 2.17 bits per heavy atom. The van der Waals surface area contributed by atoms with Gasteiger partial charge in [0.1, 0.15) is 6.17 Å². The lowest BCUT2D eigenvalue weighted by atomic mass is 10.1. The minimum Gasteiger partial charge on any atom is -0.489 e. The zero-order chi connectivity index (χ0) is 16.4. The highest BCUT2D eigenvalue weighted by Crippen LogP contribution is 2.38. The van der Waals surface area contributed by atoms with Crippen molar-refractivity contribution in [2.24, 2.45) is 5.73 Å². The highest BCUT2D eigenvalue weighted by Gasteiger charge is 2.35. The molecule has 5 nitrogen and oxygen atoms in total. The van der Waals surface area contributed by atoms with Crippen molar-refractivity contribution < 1.29 is 18.7 Å². The molecule has 0 aromatic heterocycles. The molecule has 1 aromatic carbocycles. The van der Waals surface area contributed by atoms with Crippen LogP contribution in [0, 0.1) is 0 Å². The third-order valence-corrected chi connectivity index (χ3v) is 4.51. The van der Waals surface area contributed by atoms with Gasteiger partial charge < -0.3 is 15.2 Å². The molecule has 1 saturated heterocycles. The van der Waals surface area contributed by atoms with Gasteiger partial charge in [-0.25, -0.2) is 4.39 Å². The van der Waals surface area contributed by atoms with Crippen molar-refractivity contribution >= 4 is 17.5 Å². The molecule has 23 heavy (non-hydrogen) atoms. The molecular weight excluding hydrogens is 323 g/mol. The van der Waals surface area contributed by atoms with Crippen LogP contribution in [0.15, 0.2) is 12.1 Å². The molecule has 0 spiro atoms. The van der Waals surface area contributed by atoms with Crippen molar-refractivity contribution in [2.75, 3.05) is 26.3 Å². The van der Waals surface area contributed by atoms with Crippen LogP contribution in [0.2, 0.25) is 5.02 Å². The van der Waals surface area contributed by atoms with Gasteiger partial charge in [0.15, 0.2) is 11.5 Å². The number of nitrogens with two attached hydrogens (primary N) is 1. The second-order valence-corrected chi connectivity index (χ2v) is 6.36. The number of primary amides is 1. The first kappa shape index (κ1) is 16.3. The minimum atomic E-state index is -1.00. The topological polar surface area (TPSA) is 64.8 Å². The van der Waals surface area contributed by atoms with Gasteiger partial charge in [0.25, 0.3) is 0 Å². The number of carbonyl (C=O) groups excluding carboxylic acids is 1. The molecule has 0 radical (unpaired) electrons. The largest absolute Gasteiger partial charge is 0.489 e. The molecule has 7 heteroatoms. The van der Waals surface area contributed by atoms with Gasteiger partial charge in [0, 0.05) is 25.9 Å². The van der Waals surface area contributed by atoms with Crippen LogP contribution in [0.5, 0.6) is 11.5 Å². The number of nitrogens with zero attached hydrogens (tertiary/aromatic N) is 1. The number of benzene rings is 1. The summed E-state index contributed by atoms with van der Waals surface area (Å²) in [5.74, 6) is 0.746. The van der Waals surface area contributed by atoms with E-state index in [2.05, 4.69) is 0 Å². The van der Waals surface area contributed by atoms with Gasteiger partial charge >= 0.3 is 0 Å². The molecule has 126 valence electrons. The van der Waals surface area contributed by atoms with Gasteiger partial charge in [0.2, 0.25) is 5.91 Å². The van der Waals surface area contributed by atoms with Crippen molar-refractivity contribution in [2.45, 2.75) is 31.5 Å². The molecule has 2 aliphatic rings. The van der Waals surface area contributed by atoms with Gasteiger partial charge in [0.05, 0.1) is 24.3 Å². The van der Waals surface area contributed by atoms with Gasteiger partial charge in [-0.2, -0.15) is 0 Å². The second-order valence-electron chi connectivity index (χ2n) is 5.95. The predicted molar refractivity (Wildman–Crippen MR) is 84.8 cm³/mol. The Balaban J connectivity index is 1.70. The van der Waals surface area contributed by atoms with Crippen LogP contribution in [0.1, 0.15) is 18.4 Å². The van der Waals surface area contributed by atoms with E-state index < -0.39 is 18.1 Å². The molecule has 2 aliphatic heterocycles. The number of amides is 1. The molecule has 1 aromatic rings. The second kappa shape index (κ2) is 6.93. The first-order valence-corrected chi connectivity index (χ1v) is 8.18. The number of hydrogen-bond acceptors (Lipinski definition) is 4. The summed E-state index contributed by atoms with van der Waals surface area (Å²) < 4.78 is 24.8. The Bertz CT molecular complexity index is 599. The van der Waals surface area contributed by atoms with Crippen molar-refractivity contribution in [1.82, 2.24) is 4.90 Å². The Labute approximate surface area is 139 Å². The quantitative estimate of drug-likeness (QED) is 0.908. The van der Waals surface area contributed by atoms with Gasteiger partial charge in [-0.3, -0.25) is 9.69 Å². The fourth-order valence-electron chi connectivity index (χ4n) is 3.09. The Morgan fingerprint density at radius 1 is 1.39 bits per heavy atom. The first-order valence-electron chi connectivity index (χ1n) is 7.80. The molecular formula is C16H20ClFN2O3. The maximum atomic E-state index is 13.5. The molecule has 0 unspecified atom stereocenters. The van der Waals surface area contributed by atoms with E-state index in [0.29, 0.717) is 42.7 Å². The van der Waals surface area contributed by atoms with E-state index >= 15 is 0 Å². The zero-order valence-electron chi connectivity index (χ0n) is 12.8. The van der Waals surface area contributed by atoms with Crippen LogP contribution in [0.4, 0.5) is 4.39 Å². The zero-order valence-corrected chi connectivity index (χ0v) is 13.5. The van der Waals surface area contributed by atoms with E-state index in [0.717, 1.165) is 12.0 Å². The SMILES string of the molecule is NC(=O)[C@@H]1C[C@@H](F)CN1CCc1cc(Cl)c2c(c1)OCCCO2. The van der Waals surface area contributed by atoms with Crippen LogP contribution < -0.4 is 15.2 Å². The third-order valence-electron chi connectivity index (χ3n) is 4.23. The molecule has 2 N–H and O–H groups in total. The van der Waals surface area contributed by atoms with Crippen LogP contribution >= 0.6 is 11.6 Å². The van der Waals surface area contributed by atoms with E-state index in [9.17, 15) is 9.18 Å². The maximum Gasteiger partial charge on any atom is 0.234 e. The molecule has 1 amide bonds. The average Bonchev–Trinajstić information content (AvgIpc) is 2.72. The smallest absolute Gasteiger partial charge is 0.234 e. The lowest BCUT2D eigenvalue weighted by molar-refractivity contribution is -0.122. The summed E-state index contributed by atoms with van der Waals surface area (Å²) in [5.41, 5.74) is 6.31. The van der Waals surface area contributed by atoms with E-state index in [-0.39, 0.29) is 13.0 Å². The highest BCUT2D eigenvalue weighted by atomic mass is 35.5. The summed E-state index contributed by atoms with van der Waals surface area (Å²) in [6, 6.07) is 3.20. The van der Waals surface area contributed by atoms with E-state index in [1.54, 1.807) is 4.90 Å². The molecule has 0 aliphatic carbocycles. The van der Waals surface area contributed by atoms with Gasteiger partial charge in [-0.05, 0) is 24.1 Å². The first-order chi connectivity index (χ1) is 11.0. The van der Waals surface area contributed by atoms with Crippen LogP contribution in [0.25, 0.3) is 0 Å². The van der Waals surface area contributed by atoms with Crippen LogP contribution in [0.3, 0.4) is 0 Å². The van der Waals surface area contributed by atoms with Crippen molar-refractivity contribution in [1.29, 1.82) is 0 Å². The summed E-state index contributed by atoms with van der Waals surface area (Å²) in [6.45, 7) is 1.96. The normalized spacial score (nSPS) is 24.4. The fraction of sp³-hybridized carbons (Fsp3) is 0.562. The summed E-state index contributed by atoms with van der Waals surface area (Å²) in [5, 5.41) is 0.510. The number of fused-ring (bicyclic) bond motifs is 1. The third kappa shape index (κ3) is 3.70. The minimum absolute atomic E-state index is 0.178. The van der Waals surface area contributed by atoms with E-state index in [4.69, 9.17) is 26.8 Å². The summed E-state index contributed by atoms with van der Waals surface area (Å²) >= 11 is 6.26. The molecule has 2 heterocycles. The number of ether oxygens (including phenoxy) is 2. The predicted octanol–water partition coefficient (Wildman–Crippen LogP) is 1.94. The van der Waals surface area contributed by atoms with Crippen molar-refractivity contribution in [3.05, 3.63) is 22.7 Å². The maximum absolute atomic E-state index is 13.5. The fourth-order valence-corrected chi connectivity index (χ4v) is 3.38. The summed E-state index contributed by atoms with van der Waals surface area (Å²) in [6.07, 6.45) is 0.621. The Morgan fingerprint density at radius 3 is 2.96 bits per heavy atom. The van der Waals surface area contributed by atoms with Crippen LogP contribution in [-0.4, -0.2) is 49.3 Å². The van der Waals surface area contributed by atoms with Crippen molar-refractivity contribution in [3.63, 3.8) is 0 Å². The number of rotatable bonds is 4. The molecule has 2 atom stereocenters. The molecule has 0 saturated carbocycles. The standard InChI is InChI=1S/C16H20ClFN2O3/c17-12-6-10(7-14-15(12)23-5-1-4-22-14)2-3-20-9-11(18)8-13(20)16(19)21/h6-7,11,13H,1-5,8-9H2,(H2,19,21)/t11-,13+/m1/s1. The number of alkyl halides is 1. The van der Waals surface area contributed by atoms with Gasteiger partial charge in [-0.1, -0.05) is 11.6 Å².